The number of rotatable bonds is 5. The Balaban J connectivity index is 3.45. The van der Waals surface area contributed by atoms with E-state index >= 15 is 0 Å². The van der Waals surface area contributed by atoms with Crippen molar-refractivity contribution >= 4 is 5.97 Å². The van der Waals surface area contributed by atoms with E-state index in [1.165, 1.54) is 0 Å². The number of carboxylic acid groups (broad SMARTS) is 1. The van der Waals surface area contributed by atoms with Gasteiger partial charge < -0.3 is 9.90 Å². The molecule has 0 saturated carbocycles. The van der Waals surface area contributed by atoms with Gasteiger partial charge in [-0.05, 0) is 6.92 Å². The highest BCUT2D eigenvalue weighted by atomic mass is 16.4. The molecule has 0 saturated heterocycles. The molecule has 0 fully saturated rings. The highest BCUT2D eigenvalue weighted by Crippen LogP contribution is 1.88. The molecule has 0 aliphatic rings. The predicted octanol–water partition coefficient (Wildman–Crippen LogP) is -1.27. The minimum absolute atomic E-state index is 0.0711. The van der Waals surface area contributed by atoms with Crippen molar-refractivity contribution in [2.45, 2.75) is 13.3 Å². The van der Waals surface area contributed by atoms with Gasteiger partial charge in [0, 0.05) is 18.9 Å². The molecule has 11 heavy (non-hydrogen) atoms. The van der Waals surface area contributed by atoms with Crippen molar-refractivity contribution < 1.29 is 14.5 Å². The van der Waals surface area contributed by atoms with Gasteiger partial charge >= 0.3 is 0 Å². The van der Waals surface area contributed by atoms with Crippen LogP contribution in [0.1, 0.15) is 13.3 Å². The van der Waals surface area contributed by atoms with E-state index in [4.69, 9.17) is 0 Å². The summed E-state index contributed by atoms with van der Waals surface area (Å²) < 4.78 is 0.632. The van der Waals surface area contributed by atoms with Crippen LogP contribution in [0.25, 0.3) is 0 Å². The lowest BCUT2D eigenvalue weighted by Crippen LogP contribution is -2.52. The largest absolute Gasteiger partial charge is 0.550 e. The molecule has 0 amide bonds. The summed E-state index contributed by atoms with van der Waals surface area (Å²) >= 11 is 0. The Bertz CT molecular complexity index is 134. The van der Waals surface area contributed by atoms with Gasteiger partial charge in [-0.15, -0.1) is 0 Å². The molecular weight excluding hydrogens is 144 g/mol. The fourth-order valence-electron chi connectivity index (χ4n) is 0.572. The molecule has 0 aromatic carbocycles. The lowest BCUT2D eigenvalue weighted by molar-refractivity contribution is -0.932. The number of nitrogens with one attached hydrogen (secondary N) is 1. The topological polar surface area (TPSA) is 52.2 Å². The summed E-state index contributed by atoms with van der Waals surface area (Å²) in [5.41, 5.74) is 3.06. The molecule has 0 aromatic rings. The van der Waals surface area contributed by atoms with Gasteiger partial charge in [-0.3, -0.25) is 4.59 Å². The normalized spacial score (nSPS) is 11.5. The molecular formula is C7H16N2O2. The Labute approximate surface area is 67.4 Å². The van der Waals surface area contributed by atoms with Crippen molar-refractivity contribution in [3.05, 3.63) is 0 Å². The van der Waals surface area contributed by atoms with Crippen LogP contribution in [0.5, 0.6) is 0 Å². The number of hydrogen-bond acceptors (Lipinski definition) is 3. The second-order valence-corrected chi connectivity index (χ2v) is 3.03. The standard InChI is InChI=1S/C7H16N2O2/c1-4-9(2,3)8-6-5-7(10)11/h8H,4-6H2,1-3H3. The van der Waals surface area contributed by atoms with Crippen molar-refractivity contribution in [1.82, 2.24) is 5.43 Å². The zero-order valence-electron chi connectivity index (χ0n) is 7.39. The first kappa shape index (κ1) is 10.4. The average molecular weight is 160 g/mol. The Morgan fingerprint density at radius 3 is 2.45 bits per heavy atom. The third-order valence-corrected chi connectivity index (χ3v) is 1.66. The van der Waals surface area contributed by atoms with Gasteiger partial charge in [0.2, 0.25) is 0 Å². The van der Waals surface area contributed by atoms with Gasteiger partial charge in [-0.2, -0.15) is 5.43 Å². The number of aliphatic carboxylic acids is 1. The average Bonchev–Trinajstić information content (AvgIpc) is 1.87. The third kappa shape index (κ3) is 5.82. The monoisotopic (exact) mass is 160 g/mol. The van der Waals surface area contributed by atoms with Crippen molar-refractivity contribution in [3.8, 4) is 0 Å². The summed E-state index contributed by atoms with van der Waals surface area (Å²) in [6.45, 7) is 3.42. The summed E-state index contributed by atoms with van der Waals surface area (Å²) in [7, 11) is 3.96. The van der Waals surface area contributed by atoms with Crippen molar-refractivity contribution in [3.63, 3.8) is 0 Å². The molecule has 0 bridgehead atoms. The van der Waals surface area contributed by atoms with Gasteiger partial charge in [0.25, 0.3) is 0 Å². The number of hydrogen-bond donors (Lipinski definition) is 1. The number of carbonyl (C=O) groups excluding carboxylic acids is 1. The van der Waals surface area contributed by atoms with E-state index in [-0.39, 0.29) is 6.42 Å². The number of quaternary nitrogens is 1. The van der Waals surface area contributed by atoms with Crippen molar-refractivity contribution in [2.24, 2.45) is 0 Å². The first-order valence-corrected chi connectivity index (χ1v) is 3.76. The van der Waals surface area contributed by atoms with E-state index in [1.807, 2.05) is 21.0 Å². The summed E-state index contributed by atoms with van der Waals surface area (Å²) in [5, 5.41) is 10.0. The fourth-order valence-corrected chi connectivity index (χ4v) is 0.572. The van der Waals surface area contributed by atoms with Crippen LogP contribution in [0.2, 0.25) is 0 Å². The maximum Gasteiger partial charge on any atom is 0.0929 e. The molecule has 0 unspecified atom stereocenters. The van der Waals surface area contributed by atoms with Gasteiger partial charge in [0.1, 0.15) is 0 Å². The highest BCUT2D eigenvalue weighted by Gasteiger charge is 2.09. The maximum atomic E-state index is 10.0. The molecule has 0 rings (SSSR count). The lowest BCUT2D eigenvalue weighted by Gasteiger charge is -2.27. The van der Waals surface area contributed by atoms with Crippen LogP contribution in [0.4, 0.5) is 0 Å². The van der Waals surface area contributed by atoms with Gasteiger partial charge in [-0.1, -0.05) is 0 Å². The van der Waals surface area contributed by atoms with Crippen LogP contribution in [0.15, 0.2) is 0 Å². The molecule has 4 heteroatoms. The number of carboxylic acids is 1. The molecule has 1 N–H and O–H groups in total. The quantitative estimate of drug-likeness (QED) is 0.403. The second-order valence-electron chi connectivity index (χ2n) is 3.03. The Morgan fingerprint density at radius 2 is 2.09 bits per heavy atom. The molecule has 4 nitrogen and oxygen atoms in total. The van der Waals surface area contributed by atoms with Crippen LogP contribution in [-0.2, 0) is 4.79 Å². The van der Waals surface area contributed by atoms with Gasteiger partial charge in [-0.25, -0.2) is 0 Å². The molecule has 0 spiro atoms. The van der Waals surface area contributed by atoms with E-state index in [1.54, 1.807) is 0 Å². The molecule has 0 aliphatic heterocycles. The minimum atomic E-state index is -1.01. The second kappa shape index (κ2) is 4.31. The lowest BCUT2D eigenvalue weighted by atomic mass is 10.4. The Kier molecular flexibility index (Phi) is 4.07. The smallest absolute Gasteiger partial charge is 0.0929 e. The molecule has 66 valence electrons. The van der Waals surface area contributed by atoms with Crippen LogP contribution in [-0.4, -0.2) is 37.7 Å². The minimum Gasteiger partial charge on any atom is -0.550 e. The molecule has 0 aliphatic carbocycles. The first-order valence-electron chi connectivity index (χ1n) is 3.76. The zero-order chi connectivity index (χ0) is 8.91. The maximum absolute atomic E-state index is 10.0. The van der Waals surface area contributed by atoms with Crippen LogP contribution in [0.3, 0.4) is 0 Å². The van der Waals surface area contributed by atoms with E-state index in [9.17, 15) is 9.90 Å². The summed E-state index contributed by atoms with van der Waals surface area (Å²) in [4.78, 5) is 10.0. The first-order chi connectivity index (χ1) is 4.98. The van der Waals surface area contributed by atoms with E-state index in [2.05, 4.69) is 5.43 Å². The number of nitrogens with zero attached hydrogens (tertiary/aromatic N) is 1. The molecule has 0 atom stereocenters. The Hall–Kier alpha value is -0.610. The third-order valence-electron chi connectivity index (χ3n) is 1.66. The van der Waals surface area contributed by atoms with Gasteiger partial charge in [0.05, 0.1) is 20.6 Å². The summed E-state index contributed by atoms with van der Waals surface area (Å²) in [6, 6.07) is 0. The highest BCUT2D eigenvalue weighted by molar-refractivity contribution is 5.64. The zero-order valence-corrected chi connectivity index (χ0v) is 7.39. The van der Waals surface area contributed by atoms with E-state index in [0.29, 0.717) is 11.1 Å². The van der Waals surface area contributed by atoms with E-state index < -0.39 is 5.97 Å². The SMILES string of the molecule is CC[N+](C)(C)NCCC(=O)[O-]. The molecule has 0 heterocycles. The van der Waals surface area contributed by atoms with Crippen molar-refractivity contribution in [2.75, 3.05) is 27.2 Å². The van der Waals surface area contributed by atoms with Crippen molar-refractivity contribution in [1.29, 1.82) is 0 Å². The van der Waals surface area contributed by atoms with Crippen LogP contribution >= 0.6 is 0 Å². The summed E-state index contributed by atoms with van der Waals surface area (Å²) in [5.74, 6) is -1.01. The molecule has 0 radical (unpaired) electrons. The predicted molar refractivity (Wildman–Crippen MR) is 40.3 cm³/mol. The summed E-state index contributed by atoms with van der Waals surface area (Å²) in [6.07, 6.45) is 0.0711. The van der Waals surface area contributed by atoms with Crippen LogP contribution in [0, 0.1) is 0 Å². The van der Waals surface area contributed by atoms with Gasteiger partial charge in [0.15, 0.2) is 0 Å². The Morgan fingerprint density at radius 1 is 1.55 bits per heavy atom. The van der Waals surface area contributed by atoms with E-state index in [0.717, 1.165) is 6.54 Å². The fraction of sp³-hybridized carbons (Fsp3) is 0.857. The number of carbonyl (C=O) groups is 1. The molecule has 0 aromatic heterocycles. The van der Waals surface area contributed by atoms with Crippen LogP contribution < -0.4 is 10.5 Å².